The lowest BCUT2D eigenvalue weighted by Gasteiger charge is -2.19. The molecule has 1 aliphatic rings. The van der Waals surface area contributed by atoms with E-state index in [2.05, 4.69) is 10.4 Å². The van der Waals surface area contributed by atoms with E-state index in [1.807, 2.05) is 13.2 Å². The van der Waals surface area contributed by atoms with E-state index in [4.69, 9.17) is 0 Å². The summed E-state index contributed by atoms with van der Waals surface area (Å²) in [6.45, 7) is 0.336. The molecule has 1 aromatic heterocycles. The van der Waals surface area contributed by atoms with Crippen molar-refractivity contribution in [1.29, 1.82) is 0 Å². The molecule has 1 saturated heterocycles. The van der Waals surface area contributed by atoms with Gasteiger partial charge in [0.15, 0.2) is 0 Å². The third-order valence-corrected chi connectivity index (χ3v) is 3.37. The lowest BCUT2D eigenvalue weighted by atomic mass is 10.2. The van der Waals surface area contributed by atoms with Crippen LogP contribution in [0.25, 0.3) is 0 Å². The van der Waals surface area contributed by atoms with E-state index in [9.17, 15) is 14.4 Å². The van der Waals surface area contributed by atoms with Crippen molar-refractivity contribution in [3.8, 4) is 0 Å². The van der Waals surface area contributed by atoms with Gasteiger partial charge in [-0.25, -0.2) is 4.79 Å². The predicted octanol–water partition coefficient (Wildman–Crippen LogP) is -0.637. The second-order valence-electron chi connectivity index (χ2n) is 5.08. The van der Waals surface area contributed by atoms with E-state index in [1.165, 1.54) is 4.90 Å². The van der Waals surface area contributed by atoms with Crippen molar-refractivity contribution < 1.29 is 14.4 Å². The maximum atomic E-state index is 12.0. The maximum absolute atomic E-state index is 12.0. The minimum atomic E-state index is -0.503. The number of nitrogens with one attached hydrogen (secondary N) is 1. The third-order valence-electron chi connectivity index (χ3n) is 3.37. The second-order valence-corrected chi connectivity index (χ2v) is 5.08. The summed E-state index contributed by atoms with van der Waals surface area (Å²) < 4.78 is 1.74. The van der Waals surface area contributed by atoms with E-state index in [0.717, 1.165) is 23.3 Å². The van der Waals surface area contributed by atoms with Crippen molar-refractivity contribution in [3.63, 3.8) is 0 Å². The van der Waals surface area contributed by atoms with Gasteiger partial charge >= 0.3 is 6.03 Å². The molecule has 1 N–H and O–H groups in total. The number of rotatable bonds is 6. The fraction of sp³-hybridized carbons (Fsp3) is 0.538. The Hall–Kier alpha value is -2.38. The zero-order valence-electron chi connectivity index (χ0n) is 12.2. The van der Waals surface area contributed by atoms with Crippen molar-refractivity contribution in [2.24, 2.45) is 7.05 Å². The molecule has 8 nitrogen and oxygen atoms in total. The molecule has 0 saturated carbocycles. The highest BCUT2D eigenvalue weighted by Gasteiger charge is 2.30. The first kappa shape index (κ1) is 15.0. The van der Waals surface area contributed by atoms with Crippen molar-refractivity contribution in [3.05, 3.63) is 18.0 Å². The van der Waals surface area contributed by atoms with Crippen LogP contribution < -0.4 is 5.32 Å². The van der Waals surface area contributed by atoms with Gasteiger partial charge in [-0.2, -0.15) is 5.10 Å². The molecule has 1 fully saturated rings. The molecule has 0 bridgehead atoms. The van der Waals surface area contributed by atoms with Gasteiger partial charge in [-0.05, 0) is 18.4 Å². The Balaban J connectivity index is 1.74. The van der Waals surface area contributed by atoms with Crippen LogP contribution in [0.4, 0.5) is 4.79 Å². The van der Waals surface area contributed by atoms with E-state index >= 15 is 0 Å². The molecule has 0 spiro atoms. The molecule has 1 aromatic rings. The Kier molecular flexibility index (Phi) is 4.56. The standard InChI is InChI=1S/C13H19N5O3/c1-16(5-3-4-10-6-15-17(2)8-10)12(20)9-18-11(19)7-14-13(18)21/h6,8H,3-5,7,9H2,1-2H3,(H,14,21). The Morgan fingerprint density at radius 2 is 2.24 bits per heavy atom. The van der Waals surface area contributed by atoms with E-state index in [1.54, 1.807) is 17.9 Å². The minimum Gasteiger partial charge on any atom is -0.344 e. The Bertz CT molecular complexity index is 538. The monoisotopic (exact) mass is 293 g/mol. The molecule has 8 heteroatoms. The fourth-order valence-corrected chi connectivity index (χ4v) is 2.12. The predicted molar refractivity (Wildman–Crippen MR) is 74.3 cm³/mol. The Morgan fingerprint density at radius 1 is 1.48 bits per heavy atom. The second kappa shape index (κ2) is 6.38. The van der Waals surface area contributed by atoms with Crippen molar-refractivity contribution in [2.45, 2.75) is 12.8 Å². The maximum Gasteiger partial charge on any atom is 0.325 e. The molecular weight excluding hydrogens is 274 g/mol. The smallest absolute Gasteiger partial charge is 0.325 e. The SMILES string of the molecule is CN(CCCc1cnn(C)c1)C(=O)CN1C(=O)CNC1=O. The van der Waals surface area contributed by atoms with Crippen molar-refractivity contribution in [1.82, 2.24) is 24.9 Å². The summed E-state index contributed by atoms with van der Waals surface area (Å²) in [5, 5.41) is 6.47. The van der Waals surface area contributed by atoms with Crippen LogP contribution in [0.1, 0.15) is 12.0 Å². The van der Waals surface area contributed by atoms with Crippen LogP contribution in [0.15, 0.2) is 12.4 Å². The number of aromatic nitrogens is 2. The van der Waals surface area contributed by atoms with Crippen molar-refractivity contribution >= 4 is 17.8 Å². The molecule has 0 unspecified atom stereocenters. The molecule has 1 aliphatic heterocycles. The Morgan fingerprint density at radius 3 is 2.81 bits per heavy atom. The summed E-state index contributed by atoms with van der Waals surface area (Å²) in [5.74, 6) is -0.608. The molecule has 0 aliphatic carbocycles. The molecular formula is C13H19N5O3. The van der Waals surface area contributed by atoms with Crippen LogP contribution in [0.3, 0.4) is 0 Å². The number of hydrogen-bond donors (Lipinski definition) is 1. The van der Waals surface area contributed by atoms with Crippen LogP contribution in [0, 0.1) is 0 Å². The van der Waals surface area contributed by atoms with Crippen molar-refractivity contribution in [2.75, 3.05) is 26.7 Å². The summed E-state index contributed by atoms with van der Waals surface area (Å²) in [4.78, 5) is 37.2. The van der Waals surface area contributed by atoms with E-state index < -0.39 is 6.03 Å². The minimum absolute atomic E-state index is 0.0309. The molecule has 0 aromatic carbocycles. The molecule has 2 rings (SSSR count). The summed E-state index contributed by atoms with van der Waals surface area (Å²) in [6, 6.07) is -0.503. The number of hydrogen-bond acceptors (Lipinski definition) is 4. The molecule has 114 valence electrons. The molecule has 0 radical (unpaired) electrons. The van der Waals surface area contributed by atoms with Gasteiger partial charge in [0.05, 0.1) is 12.7 Å². The van der Waals surface area contributed by atoms with Gasteiger partial charge < -0.3 is 10.2 Å². The number of likely N-dealkylation sites (N-methyl/N-ethyl adjacent to an activating group) is 1. The number of aryl methyl sites for hydroxylation is 2. The molecule has 2 heterocycles. The zero-order chi connectivity index (χ0) is 15.4. The summed E-state index contributed by atoms with van der Waals surface area (Å²) in [6.07, 6.45) is 5.37. The average molecular weight is 293 g/mol. The van der Waals surface area contributed by atoms with Gasteiger partial charge in [0.1, 0.15) is 6.54 Å². The Labute approximate surface area is 122 Å². The lowest BCUT2D eigenvalue weighted by molar-refractivity contribution is -0.135. The number of amides is 4. The molecule has 0 atom stereocenters. The number of nitrogens with zero attached hydrogens (tertiary/aromatic N) is 4. The van der Waals surface area contributed by atoms with Crippen LogP contribution in [0.5, 0.6) is 0 Å². The highest BCUT2D eigenvalue weighted by atomic mass is 16.2. The van der Waals surface area contributed by atoms with Crippen LogP contribution in [-0.2, 0) is 23.1 Å². The van der Waals surface area contributed by atoms with E-state index in [-0.39, 0.29) is 24.9 Å². The number of carbonyl (C=O) groups excluding carboxylic acids is 3. The van der Waals surface area contributed by atoms with Gasteiger partial charge in [-0.15, -0.1) is 0 Å². The third kappa shape index (κ3) is 3.80. The topological polar surface area (TPSA) is 87.5 Å². The van der Waals surface area contributed by atoms with Crippen LogP contribution >= 0.6 is 0 Å². The normalized spacial score (nSPS) is 14.5. The van der Waals surface area contributed by atoms with Gasteiger partial charge in [0.25, 0.3) is 5.91 Å². The van der Waals surface area contributed by atoms with E-state index in [0.29, 0.717) is 6.54 Å². The van der Waals surface area contributed by atoms with Gasteiger partial charge in [-0.1, -0.05) is 0 Å². The van der Waals surface area contributed by atoms with Gasteiger partial charge in [0.2, 0.25) is 5.91 Å². The first-order valence-electron chi connectivity index (χ1n) is 6.77. The number of imide groups is 1. The van der Waals surface area contributed by atoms with Gasteiger partial charge in [0, 0.05) is 26.8 Å². The van der Waals surface area contributed by atoms with Gasteiger partial charge in [-0.3, -0.25) is 19.2 Å². The largest absolute Gasteiger partial charge is 0.344 e. The number of urea groups is 1. The van der Waals surface area contributed by atoms with Crippen LogP contribution in [0.2, 0.25) is 0 Å². The number of carbonyl (C=O) groups is 3. The summed E-state index contributed by atoms with van der Waals surface area (Å²) in [7, 11) is 3.53. The summed E-state index contributed by atoms with van der Waals surface area (Å²) >= 11 is 0. The first-order valence-corrected chi connectivity index (χ1v) is 6.77. The molecule has 21 heavy (non-hydrogen) atoms. The quantitative estimate of drug-likeness (QED) is 0.707. The average Bonchev–Trinajstić information content (AvgIpc) is 2.99. The van der Waals surface area contributed by atoms with Crippen LogP contribution in [-0.4, -0.2) is 64.1 Å². The highest BCUT2D eigenvalue weighted by Crippen LogP contribution is 2.04. The first-order chi connectivity index (χ1) is 9.97. The fourth-order valence-electron chi connectivity index (χ4n) is 2.12. The molecule has 4 amide bonds. The lowest BCUT2D eigenvalue weighted by Crippen LogP contribution is -2.42. The summed E-state index contributed by atoms with van der Waals surface area (Å²) in [5.41, 5.74) is 1.12. The zero-order valence-corrected chi connectivity index (χ0v) is 12.2. The highest BCUT2D eigenvalue weighted by molar-refractivity contribution is 6.04.